The van der Waals surface area contributed by atoms with Gasteiger partial charge in [0, 0.05) is 4.88 Å². The third-order valence-corrected chi connectivity index (χ3v) is 7.80. The van der Waals surface area contributed by atoms with Gasteiger partial charge in [-0.2, -0.15) is 0 Å². The molecule has 0 spiro atoms. The van der Waals surface area contributed by atoms with Gasteiger partial charge in [0.05, 0.1) is 29.7 Å². The first-order valence-corrected chi connectivity index (χ1v) is 11.7. The molecule has 1 aromatic carbocycles. The van der Waals surface area contributed by atoms with Crippen LogP contribution in [0.1, 0.15) is 46.1 Å². The lowest BCUT2D eigenvalue weighted by Gasteiger charge is -2.11. The molecule has 0 saturated heterocycles. The molecule has 0 aliphatic heterocycles. The van der Waals surface area contributed by atoms with Crippen molar-refractivity contribution in [3.05, 3.63) is 45.8 Å². The molecule has 0 bridgehead atoms. The molecule has 1 heterocycles. The summed E-state index contributed by atoms with van der Waals surface area (Å²) in [5.41, 5.74) is 2.17. The minimum Gasteiger partial charge on any atom is -0.465 e. The van der Waals surface area contributed by atoms with E-state index in [1.165, 1.54) is 30.6 Å². The van der Waals surface area contributed by atoms with Crippen LogP contribution in [-0.4, -0.2) is 33.2 Å². The van der Waals surface area contributed by atoms with Crippen LogP contribution in [-0.2, 0) is 38.6 Å². The number of ether oxygens (including phenoxy) is 1. The number of carbonyl (C=O) groups is 2. The van der Waals surface area contributed by atoms with Crippen LogP contribution >= 0.6 is 11.3 Å². The summed E-state index contributed by atoms with van der Waals surface area (Å²) in [4.78, 5) is 26.1. The summed E-state index contributed by atoms with van der Waals surface area (Å²) in [6.07, 6.45) is 3.92. The number of methoxy groups -OCH3 is 1. The van der Waals surface area contributed by atoms with E-state index in [1.807, 2.05) is 0 Å². The van der Waals surface area contributed by atoms with Crippen molar-refractivity contribution in [2.75, 3.05) is 18.2 Å². The average molecular weight is 422 g/mol. The number of aryl methyl sites for hydroxylation is 1. The number of fused-ring (bicyclic) bond motifs is 1. The Labute approximate surface area is 168 Å². The zero-order chi connectivity index (χ0) is 20.3. The maximum atomic E-state index is 12.5. The van der Waals surface area contributed by atoms with E-state index in [9.17, 15) is 18.0 Å². The Kier molecular flexibility index (Phi) is 6.20. The highest BCUT2D eigenvalue weighted by Crippen LogP contribution is 2.38. The van der Waals surface area contributed by atoms with Crippen LogP contribution in [0.15, 0.2) is 29.2 Å². The second-order valence-corrected chi connectivity index (χ2v) is 10.1. The molecule has 0 atom stereocenters. The Morgan fingerprint density at radius 1 is 1.14 bits per heavy atom. The third kappa shape index (κ3) is 4.28. The first-order chi connectivity index (χ1) is 13.4. The molecule has 3 rings (SSSR count). The second-order valence-electron chi connectivity index (χ2n) is 6.68. The molecule has 0 unspecified atom stereocenters. The number of rotatable bonds is 6. The molecule has 150 valence electrons. The number of benzene rings is 1. The van der Waals surface area contributed by atoms with Gasteiger partial charge in [-0.15, -0.1) is 11.3 Å². The highest BCUT2D eigenvalue weighted by molar-refractivity contribution is 7.91. The SMILES string of the molecule is CCS(=O)(=O)c1ccc(CC(=O)Nc2sc3c(c2C(=O)OC)CCCC3)cc1. The summed E-state index contributed by atoms with van der Waals surface area (Å²) in [6, 6.07) is 6.32. The van der Waals surface area contributed by atoms with E-state index in [0.717, 1.165) is 36.1 Å². The fraction of sp³-hybridized carbons (Fsp3) is 0.400. The zero-order valence-corrected chi connectivity index (χ0v) is 17.5. The maximum absolute atomic E-state index is 12.5. The lowest BCUT2D eigenvalue weighted by atomic mass is 9.95. The quantitative estimate of drug-likeness (QED) is 0.722. The van der Waals surface area contributed by atoms with Gasteiger partial charge in [0.25, 0.3) is 0 Å². The molecule has 0 radical (unpaired) electrons. The number of thiophene rings is 1. The van der Waals surface area contributed by atoms with Gasteiger partial charge in [-0.1, -0.05) is 19.1 Å². The molecule has 0 fully saturated rings. The van der Waals surface area contributed by atoms with E-state index in [-0.39, 0.29) is 23.0 Å². The Morgan fingerprint density at radius 3 is 2.46 bits per heavy atom. The molecule has 1 N–H and O–H groups in total. The second kappa shape index (κ2) is 8.45. The predicted octanol–water partition coefficient (Wildman–Crippen LogP) is 3.39. The van der Waals surface area contributed by atoms with Crippen LogP contribution in [0.2, 0.25) is 0 Å². The minimum absolute atomic E-state index is 0.0339. The fourth-order valence-corrected chi connectivity index (χ4v) is 5.49. The van der Waals surface area contributed by atoms with Crippen molar-refractivity contribution in [1.29, 1.82) is 0 Å². The standard InChI is InChI=1S/C20H23NO5S2/c1-3-28(24,25)14-10-8-13(9-11-14)12-17(22)21-19-18(20(23)26-2)15-6-4-5-7-16(15)27-19/h8-11H,3-7,12H2,1-2H3,(H,21,22). The topological polar surface area (TPSA) is 89.5 Å². The molecular weight excluding hydrogens is 398 g/mol. The number of hydrogen-bond acceptors (Lipinski definition) is 6. The minimum atomic E-state index is -3.26. The van der Waals surface area contributed by atoms with E-state index in [2.05, 4.69) is 5.32 Å². The Balaban J connectivity index is 1.77. The number of anilines is 1. The van der Waals surface area contributed by atoms with Gasteiger partial charge in [-0.05, 0) is 48.9 Å². The van der Waals surface area contributed by atoms with Crippen molar-refractivity contribution in [2.45, 2.75) is 43.9 Å². The van der Waals surface area contributed by atoms with Gasteiger partial charge in [-0.3, -0.25) is 4.79 Å². The molecule has 6 nitrogen and oxygen atoms in total. The van der Waals surface area contributed by atoms with Crippen molar-refractivity contribution in [3.63, 3.8) is 0 Å². The van der Waals surface area contributed by atoms with Gasteiger partial charge < -0.3 is 10.1 Å². The third-order valence-electron chi connectivity index (χ3n) is 4.84. The highest BCUT2D eigenvalue weighted by Gasteiger charge is 2.26. The van der Waals surface area contributed by atoms with Crippen LogP contribution < -0.4 is 5.32 Å². The van der Waals surface area contributed by atoms with E-state index in [0.29, 0.717) is 16.1 Å². The van der Waals surface area contributed by atoms with Crippen molar-refractivity contribution >= 4 is 38.1 Å². The predicted molar refractivity (Wildman–Crippen MR) is 109 cm³/mol. The Hall–Kier alpha value is -2.19. The number of esters is 1. The lowest BCUT2D eigenvalue weighted by molar-refractivity contribution is -0.115. The van der Waals surface area contributed by atoms with Gasteiger partial charge in [0.2, 0.25) is 5.91 Å². The summed E-state index contributed by atoms with van der Waals surface area (Å²) in [5, 5.41) is 3.38. The monoisotopic (exact) mass is 421 g/mol. The van der Waals surface area contributed by atoms with Crippen molar-refractivity contribution in [1.82, 2.24) is 0 Å². The molecule has 28 heavy (non-hydrogen) atoms. The number of amides is 1. The van der Waals surface area contributed by atoms with E-state index in [1.54, 1.807) is 19.1 Å². The molecule has 0 saturated carbocycles. The first-order valence-electron chi connectivity index (χ1n) is 9.20. The van der Waals surface area contributed by atoms with Crippen molar-refractivity contribution in [2.24, 2.45) is 0 Å². The highest BCUT2D eigenvalue weighted by atomic mass is 32.2. The summed E-state index contributed by atoms with van der Waals surface area (Å²) >= 11 is 1.44. The van der Waals surface area contributed by atoms with E-state index in [4.69, 9.17) is 4.74 Å². The summed E-state index contributed by atoms with van der Waals surface area (Å²) in [7, 11) is -1.92. The van der Waals surface area contributed by atoms with Crippen LogP contribution in [0, 0.1) is 0 Å². The van der Waals surface area contributed by atoms with Gasteiger partial charge >= 0.3 is 5.97 Å². The average Bonchev–Trinajstić information content (AvgIpc) is 3.05. The Morgan fingerprint density at radius 2 is 1.82 bits per heavy atom. The number of hydrogen-bond donors (Lipinski definition) is 1. The molecule has 1 aromatic heterocycles. The van der Waals surface area contributed by atoms with Crippen LogP contribution in [0.3, 0.4) is 0 Å². The molecule has 1 aliphatic rings. The summed E-state index contributed by atoms with van der Waals surface area (Å²) in [6.45, 7) is 1.59. The summed E-state index contributed by atoms with van der Waals surface area (Å²) < 4.78 is 28.7. The Bertz CT molecular complexity index is 990. The van der Waals surface area contributed by atoms with Gasteiger partial charge in [0.1, 0.15) is 5.00 Å². The first kappa shape index (κ1) is 20.5. The zero-order valence-electron chi connectivity index (χ0n) is 15.9. The molecule has 1 aliphatic carbocycles. The molecule has 2 aromatic rings. The normalized spacial score (nSPS) is 13.6. The lowest BCUT2D eigenvalue weighted by Crippen LogP contribution is -2.16. The number of nitrogens with one attached hydrogen (secondary N) is 1. The van der Waals surface area contributed by atoms with Crippen molar-refractivity contribution in [3.8, 4) is 0 Å². The van der Waals surface area contributed by atoms with Crippen LogP contribution in [0.4, 0.5) is 5.00 Å². The largest absolute Gasteiger partial charge is 0.465 e. The number of sulfone groups is 1. The maximum Gasteiger partial charge on any atom is 0.341 e. The van der Waals surface area contributed by atoms with Crippen LogP contribution in [0.5, 0.6) is 0 Å². The van der Waals surface area contributed by atoms with E-state index < -0.39 is 15.8 Å². The fourth-order valence-electron chi connectivity index (χ4n) is 3.31. The van der Waals surface area contributed by atoms with Crippen molar-refractivity contribution < 1.29 is 22.7 Å². The van der Waals surface area contributed by atoms with Gasteiger partial charge in [-0.25, -0.2) is 13.2 Å². The smallest absolute Gasteiger partial charge is 0.341 e. The van der Waals surface area contributed by atoms with Crippen LogP contribution in [0.25, 0.3) is 0 Å². The van der Waals surface area contributed by atoms with Gasteiger partial charge in [0.15, 0.2) is 9.84 Å². The molecule has 8 heteroatoms. The molecular formula is C20H23NO5S2. The van der Waals surface area contributed by atoms with E-state index >= 15 is 0 Å². The number of carbonyl (C=O) groups excluding carboxylic acids is 2. The molecule has 1 amide bonds. The summed E-state index contributed by atoms with van der Waals surface area (Å²) in [5.74, 6) is -0.648.